The third-order valence-electron chi connectivity index (χ3n) is 3.11. The van der Waals surface area contributed by atoms with Gasteiger partial charge in [0.15, 0.2) is 0 Å². The van der Waals surface area contributed by atoms with Crippen LogP contribution in [0.5, 0.6) is 5.75 Å². The Balaban J connectivity index is 2.15. The molecule has 3 heteroatoms. The van der Waals surface area contributed by atoms with E-state index in [1.165, 1.54) is 6.07 Å². The van der Waals surface area contributed by atoms with E-state index < -0.39 is 0 Å². The molecule has 0 saturated carbocycles. The van der Waals surface area contributed by atoms with Crippen molar-refractivity contribution in [3.8, 4) is 16.9 Å². The molecule has 1 aliphatic rings. The number of hydrogen-bond acceptors (Lipinski definition) is 1. The number of fused-ring (bicyclic) bond motifs is 1. The summed E-state index contributed by atoms with van der Waals surface area (Å²) in [5.41, 5.74) is 2.66. The summed E-state index contributed by atoms with van der Waals surface area (Å²) in [6.45, 7) is 1.99. The summed E-state index contributed by atoms with van der Waals surface area (Å²) in [5, 5.41) is 0.668. The number of hydrogen-bond donors (Lipinski definition) is 0. The van der Waals surface area contributed by atoms with Crippen molar-refractivity contribution in [2.24, 2.45) is 0 Å². The van der Waals surface area contributed by atoms with Crippen LogP contribution in [0, 0.1) is 5.82 Å². The van der Waals surface area contributed by atoms with Gasteiger partial charge in [-0.1, -0.05) is 23.7 Å². The van der Waals surface area contributed by atoms with Gasteiger partial charge in [-0.3, -0.25) is 0 Å². The van der Waals surface area contributed by atoms with Crippen LogP contribution >= 0.6 is 11.6 Å². The van der Waals surface area contributed by atoms with Crippen LogP contribution < -0.4 is 4.74 Å². The van der Waals surface area contributed by atoms with Crippen molar-refractivity contribution in [2.75, 3.05) is 0 Å². The minimum Gasteiger partial charge on any atom is -0.489 e. The van der Waals surface area contributed by atoms with E-state index in [0.29, 0.717) is 5.02 Å². The van der Waals surface area contributed by atoms with Gasteiger partial charge in [-0.15, -0.1) is 0 Å². The van der Waals surface area contributed by atoms with Crippen LogP contribution in [0.2, 0.25) is 5.02 Å². The minimum atomic E-state index is -0.226. The SMILES string of the molecule is CC1Cc2cc(F)cc(-c3ccc(Cl)cc3)c2O1. The maximum atomic E-state index is 13.6. The second-order valence-corrected chi connectivity index (χ2v) is 5.02. The third-order valence-corrected chi connectivity index (χ3v) is 3.36. The molecular weight excluding hydrogens is 251 g/mol. The fraction of sp³-hybridized carbons (Fsp3) is 0.200. The van der Waals surface area contributed by atoms with Crippen LogP contribution in [0.25, 0.3) is 11.1 Å². The molecule has 92 valence electrons. The van der Waals surface area contributed by atoms with Gasteiger partial charge < -0.3 is 4.74 Å². The topological polar surface area (TPSA) is 9.23 Å². The smallest absolute Gasteiger partial charge is 0.131 e. The molecule has 0 N–H and O–H groups in total. The lowest BCUT2D eigenvalue weighted by atomic mass is 10.0. The molecule has 18 heavy (non-hydrogen) atoms. The highest BCUT2D eigenvalue weighted by Crippen LogP contribution is 2.39. The molecular formula is C15H12ClFO. The zero-order valence-corrected chi connectivity index (χ0v) is 10.7. The molecule has 0 aromatic heterocycles. The number of halogens is 2. The minimum absolute atomic E-state index is 0.104. The van der Waals surface area contributed by atoms with Gasteiger partial charge >= 0.3 is 0 Å². The van der Waals surface area contributed by atoms with Crippen molar-refractivity contribution >= 4 is 11.6 Å². The molecule has 0 bridgehead atoms. The van der Waals surface area contributed by atoms with Crippen LogP contribution in [0.3, 0.4) is 0 Å². The molecule has 1 atom stereocenters. The number of benzene rings is 2. The van der Waals surface area contributed by atoms with Crippen LogP contribution in [0.1, 0.15) is 12.5 Å². The molecule has 2 aromatic carbocycles. The summed E-state index contributed by atoms with van der Waals surface area (Å²) >= 11 is 5.87. The van der Waals surface area contributed by atoms with E-state index in [2.05, 4.69) is 0 Å². The molecule has 2 aromatic rings. The molecule has 1 nitrogen and oxygen atoms in total. The van der Waals surface area contributed by atoms with Gasteiger partial charge in [0.05, 0.1) is 0 Å². The van der Waals surface area contributed by atoms with Crippen molar-refractivity contribution in [1.82, 2.24) is 0 Å². The summed E-state index contributed by atoms with van der Waals surface area (Å²) in [5.74, 6) is 0.572. The average molecular weight is 263 g/mol. The molecule has 1 heterocycles. The van der Waals surface area contributed by atoms with Crippen molar-refractivity contribution < 1.29 is 9.13 Å². The first-order valence-electron chi connectivity index (χ1n) is 5.88. The zero-order valence-electron chi connectivity index (χ0n) is 9.91. The van der Waals surface area contributed by atoms with E-state index in [1.54, 1.807) is 18.2 Å². The first-order chi connectivity index (χ1) is 8.63. The van der Waals surface area contributed by atoms with Crippen LogP contribution in [-0.2, 0) is 6.42 Å². The van der Waals surface area contributed by atoms with E-state index in [9.17, 15) is 4.39 Å². The fourth-order valence-electron chi connectivity index (χ4n) is 2.34. The predicted octanol–water partition coefficient (Wildman–Crippen LogP) is 4.47. The van der Waals surface area contributed by atoms with E-state index in [1.807, 2.05) is 19.1 Å². The second kappa shape index (κ2) is 4.29. The Bertz CT molecular complexity index is 592. The first kappa shape index (κ1) is 11.5. The number of ether oxygens (including phenoxy) is 1. The molecule has 0 radical (unpaired) electrons. The zero-order chi connectivity index (χ0) is 12.7. The van der Waals surface area contributed by atoms with Crippen molar-refractivity contribution in [1.29, 1.82) is 0 Å². The molecule has 0 fully saturated rings. The van der Waals surface area contributed by atoms with E-state index in [0.717, 1.165) is 28.9 Å². The normalized spacial score (nSPS) is 17.4. The van der Waals surface area contributed by atoms with E-state index >= 15 is 0 Å². The lowest BCUT2D eigenvalue weighted by Gasteiger charge is -2.10. The Morgan fingerprint density at radius 2 is 1.94 bits per heavy atom. The van der Waals surface area contributed by atoms with Gasteiger partial charge in [-0.05, 0) is 36.8 Å². The second-order valence-electron chi connectivity index (χ2n) is 4.58. The Labute approximate surface area is 110 Å². The molecule has 3 rings (SSSR count). The van der Waals surface area contributed by atoms with Gasteiger partial charge in [0.2, 0.25) is 0 Å². The molecule has 0 saturated heterocycles. The molecule has 0 amide bonds. The molecule has 1 aliphatic heterocycles. The maximum Gasteiger partial charge on any atom is 0.131 e. The standard InChI is InChI=1S/C15H12ClFO/c1-9-6-11-7-13(17)8-14(15(11)18-9)10-2-4-12(16)5-3-10/h2-5,7-9H,6H2,1H3. The van der Waals surface area contributed by atoms with Crippen LogP contribution in [0.15, 0.2) is 36.4 Å². The van der Waals surface area contributed by atoms with E-state index in [4.69, 9.17) is 16.3 Å². The average Bonchev–Trinajstić information content (AvgIpc) is 2.69. The highest BCUT2D eigenvalue weighted by Gasteiger charge is 2.23. The lowest BCUT2D eigenvalue weighted by Crippen LogP contribution is -2.05. The van der Waals surface area contributed by atoms with Gasteiger partial charge in [-0.2, -0.15) is 0 Å². The maximum absolute atomic E-state index is 13.6. The largest absolute Gasteiger partial charge is 0.489 e. The van der Waals surface area contributed by atoms with Gasteiger partial charge in [0, 0.05) is 22.6 Å². The molecule has 1 unspecified atom stereocenters. The Morgan fingerprint density at radius 1 is 1.22 bits per heavy atom. The summed E-state index contributed by atoms with van der Waals surface area (Å²) < 4.78 is 19.4. The quantitative estimate of drug-likeness (QED) is 0.737. The van der Waals surface area contributed by atoms with E-state index in [-0.39, 0.29) is 11.9 Å². The Morgan fingerprint density at radius 3 is 2.67 bits per heavy atom. The highest BCUT2D eigenvalue weighted by atomic mass is 35.5. The summed E-state index contributed by atoms with van der Waals surface area (Å²) in [6.07, 6.45) is 0.862. The first-order valence-corrected chi connectivity index (χ1v) is 6.26. The third kappa shape index (κ3) is 1.97. The predicted molar refractivity (Wildman–Crippen MR) is 70.6 cm³/mol. The van der Waals surface area contributed by atoms with Gasteiger partial charge in [0.25, 0.3) is 0 Å². The van der Waals surface area contributed by atoms with Crippen molar-refractivity contribution in [3.63, 3.8) is 0 Å². The summed E-state index contributed by atoms with van der Waals surface area (Å²) in [4.78, 5) is 0. The van der Waals surface area contributed by atoms with Crippen LogP contribution in [-0.4, -0.2) is 6.10 Å². The highest BCUT2D eigenvalue weighted by molar-refractivity contribution is 6.30. The Kier molecular flexibility index (Phi) is 2.75. The molecule has 0 aliphatic carbocycles. The lowest BCUT2D eigenvalue weighted by molar-refractivity contribution is 0.255. The number of rotatable bonds is 1. The molecule has 0 spiro atoms. The van der Waals surface area contributed by atoms with Crippen molar-refractivity contribution in [3.05, 3.63) is 52.8 Å². The summed E-state index contributed by atoms with van der Waals surface area (Å²) in [6, 6.07) is 10.4. The monoisotopic (exact) mass is 262 g/mol. The van der Waals surface area contributed by atoms with Crippen LogP contribution in [0.4, 0.5) is 4.39 Å². The fourth-order valence-corrected chi connectivity index (χ4v) is 2.46. The van der Waals surface area contributed by atoms with Gasteiger partial charge in [0.1, 0.15) is 17.7 Å². The van der Waals surface area contributed by atoms with Crippen molar-refractivity contribution in [2.45, 2.75) is 19.4 Å². The van der Waals surface area contributed by atoms with Gasteiger partial charge in [-0.25, -0.2) is 4.39 Å². The Hall–Kier alpha value is -1.54. The summed E-state index contributed by atoms with van der Waals surface area (Å²) in [7, 11) is 0.